The molecule has 1 N–H and O–H groups in total. The minimum atomic E-state index is -0.532. The molecule has 1 atom stereocenters. The molecule has 36 heavy (non-hydrogen) atoms. The second-order valence-corrected chi connectivity index (χ2v) is 11.5. The second-order valence-electron chi connectivity index (χ2n) is 11.5. The van der Waals surface area contributed by atoms with E-state index in [9.17, 15) is 14.3 Å². The SMILES string of the molecule is CC1(CN2CCC(COc3ccc(-c4ccc(C(=O)N5CCCC(O)C5)c(F)c4)cc3)CC2)CCC1. The zero-order chi connectivity index (χ0) is 25.1. The van der Waals surface area contributed by atoms with E-state index >= 15 is 0 Å². The van der Waals surface area contributed by atoms with Crippen molar-refractivity contribution in [3.63, 3.8) is 0 Å². The quantitative estimate of drug-likeness (QED) is 0.562. The van der Waals surface area contributed by atoms with Gasteiger partial charge in [0, 0.05) is 19.6 Å². The topological polar surface area (TPSA) is 53.0 Å². The number of aliphatic hydroxyl groups is 1. The van der Waals surface area contributed by atoms with Gasteiger partial charge in [-0.3, -0.25) is 4.79 Å². The van der Waals surface area contributed by atoms with Gasteiger partial charge in [-0.1, -0.05) is 31.5 Å². The van der Waals surface area contributed by atoms with Gasteiger partial charge in [-0.2, -0.15) is 0 Å². The summed E-state index contributed by atoms with van der Waals surface area (Å²) in [6.45, 7) is 7.58. The summed E-state index contributed by atoms with van der Waals surface area (Å²) in [5.74, 6) is 0.537. The molecule has 1 saturated carbocycles. The van der Waals surface area contributed by atoms with Gasteiger partial charge in [-0.15, -0.1) is 0 Å². The van der Waals surface area contributed by atoms with E-state index in [1.54, 1.807) is 12.1 Å². The molecule has 194 valence electrons. The lowest BCUT2D eigenvalue weighted by atomic mass is 9.70. The molecule has 2 aromatic rings. The highest BCUT2D eigenvalue weighted by atomic mass is 19.1. The van der Waals surface area contributed by atoms with Gasteiger partial charge in [0.15, 0.2) is 0 Å². The first-order chi connectivity index (χ1) is 17.4. The Morgan fingerprint density at radius 2 is 1.75 bits per heavy atom. The van der Waals surface area contributed by atoms with Crippen LogP contribution < -0.4 is 4.74 Å². The van der Waals surface area contributed by atoms with E-state index in [-0.39, 0.29) is 18.0 Å². The second kappa shape index (κ2) is 10.9. The van der Waals surface area contributed by atoms with Crippen LogP contribution >= 0.6 is 0 Å². The molecule has 0 bridgehead atoms. The Balaban J connectivity index is 1.12. The van der Waals surface area contributed by atoms with Crippen LogP contribution in [0.25, 0.3) is 11.1 Å². The summed E-state index contributed by atoms with van der Waals surface area (Å²) < 4.78 is 20.9. The van der Waals surface area contributed by atoms with Crippen molar-refractivity contribution < 1.29 is 19.0 Å². The minimum absolute atomic E-state index is 0.0562. The third-order valence-corrected chi connectivity index (χ3v) is 8.43. The number of hydrogen-bond acceptors (Lipinski definition) is 4. The Hall–Kier alpha value is -2.44. The molecule has 1 amide bonds. The van der Waals surface area contributed by atoms with Gasteiger partial charge in [-0.05, 0) is 98.3 Å². The first-order valence-corrected chi connectivity index (χ1v) is 13.6. The Morgan fingerprint density at radius 1 is 1.03 bits per heavy atom. The predicted octanol–water partition coefficient (Wildman–Crippen LogP) is 5.37. The average Bonchev–Trinajstić information content (AvgIpc) is 2.87. The number of halogens is 1. The highest BCUT2D eigenvalue weighted by Crippen LogP contribution is 2.41. The molecular weight excluding hydrogens is 455 g/mol. The molecule has 1 unspecified atom stereocenters. The van der Waals surface area contributed by atoms with Gasteiger partial charge in [0.2, 0.25) is 0 Å². The predicted molar refractivity (Wildman–Crippen MR) is 140 cm³/mol. The first kappa shape index (κ1) is 25.2. The summed E-state index contributed by atoms with van der Waals surface area (Å²) in [4.78, 5) is 16.9. The molecular formula is C30H39FN2O3. The van der Waals surface area contributed by atoms with Crippen molar-refractivity contribution in [2.45, 2.75) is 58.0 Å². The maximum atomic E-state index is 14.8. The largest absolute Gasteiger partial charge is 0.493 e. The molecule has 2 aromatic carbocycles. The van der Waals surface area contributed by atoms with E-state index in [2.05, 4.69) is 11.8 Å². The summed E-state index contributed by atoms with van der Waals surface area (Å²) in [7, 11) is 0. The smallest absolute Gasteiger partial charge is 0.256 e. The number of amides is 1. The summed E-state index contributed by atoms with van der Waals surface area (Å²) in [6, 6.07) is 12.5. The fraction of sp³-hybridized carbons (Fsp3) is 0.567. The molecule has 2 heterocycles. The standard InChI is InChI=1S/C30H39FN2O3/c1-30(13-3-14-30)21-32-16-11-22(12-17-32)20-36-26-8-5-23(6-9-26)24-7-10-27(28(31)18-24)29(35)33-15-2-4-25(34)19-33/h5-10,18,22,25,34H,2-4,11-17,19-21H2,1H3. The van der Waals surface area contributed by atoms with Gasteiger partial charge in [0.25, 0.3) is 5.91 Å². The number of rotatable bonds is 7. The van der Waals surface area contributed by atoms with E-state index in [0.29, 0.717) is 24.3 Å². The number of piperidine rings is 2. The van der Waals surface area contributed by atoms with Crippen LogP contribution in [0.2, 0.25) is 0 Å². The normalized spacial score (nSPS) is 22.8. The van der Waals surface area contributed by atoms with Crippen LogP contribution in [0, 0.1) is 17.2 Å². The third-order valence-electron chi connectivity index (χ3n) is 8.43. The van der Waals surface area contributed by atoms with Crippen LogP contribution in [-0.2, 0) is 0 Å². The van der Waals surface area contributed by atoms with Crippen LogP contribution in [0.5, 0.6) is 5.75 Å². The molecule has 1 aliphatic carbocycles. The Bertz CT molecular complexity index is 1040. The molecule has 0 radical (unpaired) electrons. The van der Waals surface area contributed by atoms with Crippen molar-refractivity contribution in [3.05, 3.63) is 53.8 Å². The van der Waals surface area contributed by atoms with Gasteiger partial charge in [-0.25, -0.2) is 4.39 Å². The molecule has 3 fully saturated rings. The highest BCUT2D eigenvalue weighted by molar-refractivity contribution is 5.95. The maximum absolute atomic E-state index is 14.8. The average molecular weight is 495 g/mol. The van der Waals surface area contributed by atoms with Crippen LogP contribution in [-0.4, -0.2) is 66.2 Å². The molecule has 5 nitrogen and oxygen atoms in total. The zero-order valence-corrected chi connectivity index (χ0v) is 21.4. The van der Waals surface area contributed by atoms with Gasteiger partial charge in [0.05, 0.1) is 18.3 Å². The number of nitrogens with zero attached hydrogens (tertiary/aromatic N) is 2. The number of ether oxygens (including phenoxy) is 1. The van der Waals surface area contributed by atoms with Crippen molar-refractivity contribution in [3.8, 4) is 16.9 Å². The fourth-order valence-electron chi connectivity index (χ4n) is 5.92. The Morgan fingerprint density at radius 3 is 2.39 bits per heavy atom. The van der Waals surface area contributed by atoms with Gasteiger partial charge >= 0.3 is 0 Å². The summed E-state index contributed by atoms with van der Waals surface area (Å²) >= 11 is 0. The van der Waals surface area contributed by atoms with Gasteiger partial charge in [0.1, 0.15) is 11.6 Å². The first-order valence-electron chi connectivity index (χ1n) is 13.6. The molecule has 0 spiro atoms. The monoisotopic (exact) mass is 494 g/mol. The van der Waals surface area contributed by atoms with E-state index < -0.39 is 11.9 Å². The number of hydrogen-bond donors (Lipinski definition) is 1. The number of likely N-dealkylation sites (tertiary alicyclic amines) is 2. The van der Waals surface area contributed by atoms with Crippen molar-refractivity contribution >= 4 is 5.91 Å². The summed E-state index contributed by atoms with van der Waals surface area (Å²) in [6.07, 6.45) is 7.42. The van der Waals surface area contributed by atoms with Crippen LogP contribution in [0.4, 0.5) is 4.39 Å². The molecule has 3 aliphatic rings. The number of carbonyl (C=O) groups is 1. The lowest BCUT2D eigenvalue weighted by molar-refractivity contribution is 0.0470. The lowest BCUT2D eigenvalue weighted by Gasteiger charge is -2.44. The van der Waals surface area contributed by atoms with Gasteiger partial charge < -0.3 is 19.6 Å². The number of carbonyl (C=O) groups excluding carboxylic acids is 1. The number of aliphatic hydroxyl groups excluding tert-OH is 1. The van der Waals surface area contributed by atoms with Crippen LogP contribution in [0.3, 0.4) is 0 Å². The van der Waals surface area contributed by atoms with Crippen LogP contribution in [0.15, 0.2) is 42.5 Å². The van der Waals surface area contributed by atoms with Crippen LogP contribution in [0.1, 0.15) is 62.2 Å². The fourth-order valence-corrected chi connectivity index (χ4v) is 5.92. The van der Waals surface area contributed by atoms with E-state index in [1.165, 1.54) is 62.7 Å². The van der Waals surface area contributed by atoms with E-state index in [4.69, 9.17) is 4.74 Å². The van der Waals surface area contributed by atoms with E-state index in [1.807, 2.05) is 24.3 Å². The van der Waals surface area contributed by atoms with E-state index in [0.717, 1.165) is 29.9 Å². The maximum Gasteiger partial charge on any atom is 0.256 e. The molecule has 5 rings (SSSR count). The number of benzene rings is 2. The van der Waals surface area contributed by atoms with Crippen molar-refractivity contribution in [2.24, 2.45) is 11.3 Å². The molecule has 6 heteroatoms. The molecule has 2 aliphatic heterocycles. The molecule has 0 aromatic heterocycles. The van der Waals surface area contributed by atoms with Crippen molar-refractivity contribution in [2.75, 3.05) is 39.3 Å². The summed E-state index contributed by atoms with van der Waals surface area (Å²) in [5, 5.41) is 9.83. The lowest BCUT2D eigenvalue weighted by Crippen LogP contribution is -2.44. The third kappa shape index (κ3) is 5.92. The Labute approximate surface area is 214 Å². The Kier molecular flexibility index (Phi) is 7.63. The van der Waals surface area contributed by atoms with Crippen molar-refractivity contribution in [1.82, 2.24) is 9.80 Å². The highest BCUT2D eigenvalue weighted by Gasteiger charge is 2.34. The van der Waals surface area contributed by atoms with Crippen molar-refractivity contribution in [1.29, 1.82) is 0 Å². The minimum Gasteiger partial charge on any atom is -0.493 e. The zero-order valence-electron chi connectivity index (χ0n) is 21.4. The summed E-state index contributed by atoms with van der Waals surface area (Å²) in [5.41, 5.74) is 2.22. The number of β-amino-alcohol motifs (C(OH)–C–C–N with tert-alkyl or cyclic N) is 1. The molecule has 2 saturated heterocycles.